The molecule has 1 heterocycles. The molecule has 0 saturated heterocycles. The molecule has 1 N–H and O–H groups in total. The van der Waals surface area contributed by atoms with Gasteiger partial charge in [-0.2, -0.15) is 0 Å². The van der Waals surface area contributed by atoms with Gasteiger partial charge in [0.1, 0.15) is 6.10 Å². The van der Waals surface area contributed by atoms with E-state index in [9.17, 15) is 9.59 Å². The maximum atomic E-state index is 12.3. The normalized spacial score (nSPS) is 16.5. The van der Waals surface area contributed by atoms with E-state index >= 15 is 0 Å². The molecule has 3 rings (SSSR count). The maximum absolute atomic E-state index is 12.3. The Kier molecular flexibility index (Phi) is 4.14. The average Bonchev–Trinajstić information content (AvgIpc) is 2.83. The van der Waals surface area contributed by atoms with Crippen LogP contribution in [0.3, 0.4) is 0 Å². The fourth-order valence-corrected chi connectivity index (χ4v) is 2.81. The molecule has 0 aliphatic carbocycles. The smallest absolute Gasteiger partial charge is 0.339 e. The van der Waals surface area contributed by atoms with E-state index in [-0.39, 0.29) is 23.7 Å². The molecule has 1 aliphatic heterocycles. The third-order valence-corrected chi connectivity index (χ3v) is 4.18. The Hall–Kier alpha value is -2.62. The summed E-state index contributed by atoms with van der Waals surface area (Å²) >= 11 is 0. The van der Waals surface area contributed by atoms with Crippen LogP contribution in [0.4, 0.5) is 5.69 Å². The summed E-state index contributed by atoms with van der Waals surface area (Å²) in [5.74, 6) is -0.536. The molecule has 1 amide bonds. The number of carbonyl (C=O) groups excluding carboxylic acids is 2. The first kappa shape index (κ1) is 16.2. The molecule has 2 aromatic carbocycles. The van der Waals surface area contributed by atoms with Crippen molar-refractivity contribution in [3.63, 3.8) is 0 Å². The Morgan fingerprint density at radius 3 is 2.42 bits per heavy atom. The number of carbonyl (C=O) groups is 2. The van der Waals surface area contributed by atoms with Gasteiger partial charge < -0.3 is 10.1 Å². The maximum Gasteiger partial charge on any atom is 0.339 e. The zero-order chi connectivity index (χ0) is 17.3. The molecule has 4 heteroatoms. The van der Waals surface area contributed by atoms with Crippen LogP contribution in [0.2, 0.25) is 0 Å². The van der Waals surface area contributed by atoms with Crippen LogP contribution in [0.15, 0.2) is 48.5 Å². The minimum Gasteiger partial charge on any atom is -0.453 e. The van der Waals surface area contributed by atoms with Crippen molar-refractivity contribution >= 4 is 17.6 Å². The van der Waals surface area contributed by atoms with Gasteiger partial charge in [-0.15, -0.1) is 0 Å². The highest BCUT2D eigenvalue weighted by Crippen LogP contribution is 2.33. The number of benzene rings is 2. The first-order valence-corrected chi connectivity index (χ1v) is 8.05. The highest BCUT2D eigenvalue weighted by Gasteiger charge is 2.32. The minimum absolute atomic E-state index is 0.0737. The van der Waals surface area contributed by atoms with E-state index in [0.29, 0.717) is 5.56 Å². The molecule has 0 fully saturated rings. The van der Waals surface area contributed by atoms with Crippen molar-refractivity contribution < 1.29 is 14.3 Å². The highest BCUT2D eigenvalue weighted by molar-refractivity contribution is 5.96. The molecule has 1 atom stereocenters. The second-order valence-corrected chi connectivity index (χ2v) is 7.06. The lowest BCUT2D eigenvalue weighted by atomic mass is 9.87. The molecule has 1 aliphatic rings. The van der Waals surface area contributed by atoms with Crippen molar-refractivity contribution in [2.75, 3.05) is 5.32 Å². The number of hydrogen-bond donors (Lipinski definition) is 1. The molecule has 0 unspecified atom stereocenters. The Bertz CT molecular complexity index is 772. The van der Waals surface area contributed by atoms with Gasteiger partial charge in [0, 0.05) is 11.3 Å². The lowest BCUT2D eigenvalue weighted by Gasteiger charge is -2.19. The number of nitrogens with one attached hydrogen (secondary N) is 1. The van der Waals surface area contributed by atoms with Gasteiger partial charge in [-0.05, 0) is 29.2 Å². The van der Waals surface area contributed by atoms with Crippen LogP contribution in [-0.2, 0) is 14.9 Å². The molecule has 24 heavy (non-hydrogen) atoms. The molecule has 0 spiro atoms. The van der Waals surface area contributed by atoms with Crippen LogP contribution in [0.1, 0.15) is 54.8 Å². The van der Waals surface area contributed by atoms with Gasteiger partial charge in [-0.3, -0.25) is 4.79 Å². The summed E-state index contributed by atoms with van der Waals surface area (Å²) in [7, 11) is 0. The van der Waals surface area contributed by atoms with Gasteiger partial charge in [0.2, 0.25) is 5.91 Å². The molecule has 2 aromatic rings. The van der Waals surface area contributed by atoms with E-state index in [1.165, 1.54) is 5.56 Å². The van der Waals surface area contributed by atoms with Crippen LogP contribution >= 0.6 is 0 Å². The standard InChI is InChI=1S/C20H21NO3/c1-20(2,3)13-8-10-14(11-9-13)21-18(22)12-17-15-6-4-5-7-16(15)19(23)24-17/h4-11,17H,12H2,1-3H3,(H,21,22)/t17-/m1/s1. The molecule has 0 saturated carbocycles. The zero-order valence-corrected chi connectivity index (χ0v) is 14.1. The number of esters is 1. The van der Waals surface area contributed by atoms with E-state index in [4.69, 9.17) is 4.74 Å². The van der Waals surface area contributed by atoms with Crippen LogP contribution in [0.25, 0.3) is 0 Å². The third-order valence-electron chi connectivity index (χ3n) is 4.18. The van der Waals surface area contributed by atoms with Crippen molar-refractivity contribution in [2.24, 2.45) is 0 Å². The SMILES string of the molecule is CC(C)(C)c1ccc(NC(=O)C[C@H]2OC(=O)c3ccccc32)cc1. The molecule has 0 bridgehead atoms. The summed E-state index contributed by atoms with van der Waals surface area (Å²) in [6.07, 6.45) is -0.397. The van der Waals surface area contributed by atoms with Crippen LogP contribution in [0.5, 0.6) is 0 Å². The fourth-order valence-electron chi connectivity index (χ4n) is 2.81. The number of anilines is 1. The zero-order valence-electron chi connectivity index (χ0n) is 14.1. The molecular formula is C20H21NO3. The van der Waals surface area contributed by atoms with Crippen molar-refractivity contribution in [3.05, 3.63) is 65.2 Å². The van der Waals surface area contributed by atoms with Crippen LogP contribution < -0.4 is 5.32 Å². The summed E-state index contributed by atoms with van der Waals surface area (Å²) in [6, 6.07) is 15.0. The quantitative estimate of drug-likeness (QED) is 0.860. The number of fused-ring (bicyclic) bond motifs is 1. The van der Waals surface area contributed by atoms with E-state index in [2.05, 4.69) is 26.1 Å². The van der Waals surface area contributed by atoms with E-state index in [1.807, 2.05) is 36.4 Å². The first-order valence-electron chi connectivity index (χ1n) is 8.05. The van der Waals surface area contributed by atoms with Gasteiger partial charge in [0.25, 0.3) is 0 Å². The minimum atomic E-state index is -0.512. The predicted octanol–water partition coefficient (Wildman–Crippen LogP) is 4.22. The first-order chi connectivity index (χ1) is 11.3. The van der Waals surface area contributed by atoms with Gasteiger partial charge in [0.15, 0.2) is 0 Å². The molecule has 0 aromatic heterocycles. The number of amides is 1. The summed E-state index contributed by atoms with van der Waals surface area (Å²) in [5, 5.41) is 2.86. The molecule has 124 valence electrons. The topological polar surface area (TPSA) is 55.4 Å². The predicted molar refractivity (Wildman–Crippen MR) is 93.0 cm³/mol. The van der Waals surface area contributed by atoms with Gasteiger partial charge in [-0.25, -0.2) is 4.79 Å². The summed E-state index contributed by atoms with van der Waals surface area (Å²) in [4.78, 5) is 24.1. The van der Waals surface area contributed by atoms with Gasteiger partial charge in [-0.1, -0.05) is 51.1 Å². The summed E-state index contributed by atoms with van der Waals surface area (Å²) < 4.78 is 5.30. The van der Waals surface area contributed by atoms with Gasteiger partial charge >= 0.3 is 5.97 Å². The van der Waals surface area contributed by atoms with Gasteiger partial charge in [0.05, 0.1) is 12.0 Å². The Labute approximate surface area is 141 Å². The van der Waals surface area contributed by atoms with E-state index < -0.39 is 6.10 Å². The number of hydrogen-bond acceptors (Lipinski definition) is 3. The van der Waals surface area contributed by atoms with Crippen molar-refractivity contribution in [1.29, 1.82) is 0 Å². The van der Waals surface area contributed by atoms with Crippen molar-refractivity contribution in [3.8, 4) is 0 Å². The highest BCUT2D eigenvalue weighted by atomic mass is 16.5. The lowest BCUT2D eigenvalue weighted by molar-refractivity contribution is -0.118. The summed E-state index contributed by atoms with van der Waals surface area (Å²) in [6.45, 7) is 6.44. The number of cyclic esters (lactones) is 1. The molecular weight excluding hydrogens is 302 g/mol. The summed E-state index contributed by atoms with van der Waals surface area (Å²) in [5.41, 5.74) is 3.35. The van der Waals surface area contributed by atoms with Crippen LogP contribution in [-0.4, -0.2) is 11.9 Å². The Morgan fingerprint density at radius 2 is 1.75 bits per heavy atom. The lowest BCUT2D eigenvalue weighted by Crippen LogP contribution is -2.16. The second kappa shape index (κ2) is 6.11. The Morgan fingerprint density at radius 1 is 1.08 bits per heavy atom. The molecule has 0 radical (unpaired) electrons. The monoisotopic (exact) mass is 323 g/mol. The molecule has 4 nitrogen and oxygen atoms in total. The largest absolute Gasteiger partial charge is 0.453 e. The van der Waals surface area contributed by atoms with Crippen molar-refractivity contribution in [2.45, 2.75) is 38.7 Å². The third kappa shape index (κ3) is 3.32. The van der Waals surface area contributed by atoms with Crippen LogP contribution in [0, 0.1) is 0 Å². The number of ether oxygens (including phenoxy) is 1. The fraction of sp³-hybridized carbons (Fsp3) is 0.300. The van der Waals surface area contributed by atoms with E-state index in [1.54, 1.807) is 12.1 Å². The van der Waals surface area contributed by atoms with Crippen molar-refractivity contribution in [1.82, 2.24) is 0 Å². The second-order valence-electron chi connectivity index (χ2n) is 7.06. The Balaban J connectivity index is 1.66. The average molecular weight is 323 g/mol. The van der Waals surface area contributed by atoms with E-state index in [0.717, 1.165) is 11.3 Å². The number of rotatable bonds is 3.